The molecule has 1 aromatic rings. The van der Waals surface area contributed by atoms with Gasteiger partial charge in [-0.2, -0.15) is 0 Å². The zero-order chi connectivity index (χ0) is 12.1. The summed E-state index contributed by atoms with van der Waals surface area (Å²) in [5, 5.41) is 0. The molecule has 0 unspecified atom stereocenters. The Kier molecular flexibility index (Phi) is 4.50. The highest BCUT2D eigenvalue weighted by molar-refractivity contribution is 5.82. The third-order valence-electron chi connectivity index (χ3n) is 2.66. The zero-order valence-electron chi connectivity index (χ0n) is 10.2. The van der Waals surface area contributed by atoms with E-state index in [-0.39, 0.29) is 11.8 Å². The van der Waals surface area contributed by atoms with Gasteiger partial charge in [0.05, 0.1) is 5.92 Å². The molecule has 0 saturated heterocycles. The number of nitrogens with two attached hydrogens (primary N) is 1. The monoisotopic (exact) mass is 220 g/mol. The summed E-state index contributed by atoms with van der Waals surface area (Å²) in [5.74, 6) is 5.40. The lowest BCUT2D eigenvalue weighted by atomic mass is 9.96. The van der Waals surface area contributed by atoms with Crippen molar-refractivity contribution < 1.29 is 4.79 Å². The van der Waals surface area contributed by atoms with Crippen LogP contribution in [0.25, 0.3) is 0 Å². The quantitative estimate of drug-likeness (QED) is 0.463. The van der Waals surface area contributed by atoms with Crippen molar-refractivity contribution in [2.24, 2.45) is 11.8 Å². The number of carbonyl (C=O) groups is 1. The van der Waals surface area contributed by atoms with Crippen molar-refractivity contribution in [1.29, 1.82) is 0 Å². The molecule has 1 aromatic carbocycles. The topological polar surface area (TPSA) is 55.1 Å². The van der Waals surface area contributed by atoms with Gasteiger partial charge in [-0.25, -0.2) is 5.84 Å². The van der Waals surface area contributed by atoms with Crippen LogP contribution in [-0.4, -0.2) is 5.91 Å². The van der Waals surface area contributed by atoms with Crippen LogP contribution in [-0.2, 0) is 11.2 Å². The zero-order valence-corrected chi connectivity index (χ0v) is 10.2. The molecule has 1 rings (SSSR count). The normalized spacial score (nSPS) is 12.6. The van der Waals surface area contributed by atoms with Gasteiger partial charge < -0.3 is 0 Å². The molecular formula is C13H20N2O. The van der Waals surface area contributed by atoms with Crippen molar-refractivity contribution in [2.45, 2.75) is 33.1 Å². The fourth-order valence-electron chi connectivity index (χ4n) is 1.69. The molecule has 1 amide bonds. The second kappa shape index (κ2) is 5.66. The summed E-state index contributed by atoms with van der Waals surface area (Å²) in [6, 6.07) is 8.15. The molecule has 0 aliphatic carbocycles. The van der Waals surface area contributed by atoms with Crippen LogP contribution in [0.5, 0.6) is 0 Å². The minimum Gasteiger partial charge on any atom is -0.294 e. The van der Waals surface area contributed by atoms with Crippen LogP contribution < -0.4 is 11.3 Å². The molecule has 0 spiro atoms. The van der Waals surface area contributed by atoms with Gasteiger partial charge in [0.2, 0.25) is 5.91 Å². The number of rotatable bonds is 4. The number of benzene rings is 1. The van der Waals surface area contributed by atoms with Crippen molar-refractivity contribution in [3.8, 4) is 0 Å². The molecule has 0 radical (unpaired) electrons. The minimum absolute atomic E-state index is 0.156. The van der Waals surface area contributed by atoms with E-state index < -0.39 is 0 Å². The molecule has 0 fully saturated rings. The van der Waals surface area contributed by atoms with Crippen LogP contribution in [0.15, 0.2) is 24.3 Å². The van der Waals surface area contributed by atoms with Gasteiger partial charge in [0, 0.05) is 0 Å². The Labute approximate surface area is 97.0 Å². The van der Waals surface area contributed by atoms with Gasteiger partial charge in [0.25, 0.3) is 0 Å². The average Bonchev–Trinajstić information content (AvgIpc) is 2.27. The van der Waals surface area contributed by atoms with Gasteiger partial charge in [-0.15, -0.1) is 0 Å². The van der Waals surface area contributed by atoms with E-state index in [1.54, 1.807) is 0 Å². The summed E-state index contributed by atoms with van der Waals surface area (Å²) in [6.07, 6.45) is 1.07. The smallest absolute Gasteiger partial charge is 0.241 e. The van der Waals surface area contributed by atoms with Crippen LogP contribution >= 0.6 is 0 Å². The SMILES string of the molecule is CC(C)Cc1ccc([C@@H](C)C(=O)NN)cc1. The standard InChI is InChI=1S/C13H20N2O/c1-9(2)8-11-4-6-12(7-5-11)10(3)13(16)15-14/h4-7,9-10H,8,14H2,1-3H3,(H,15,16)/t10-/m1/s1. The lowest BCUT2D eigenvalue weighted by molar-refractivity contribution is -0.122. The van der Waals surface area contributed by atoms with E-state index in [1.165, 1.54) is 5.56 Å². The molecular weight excluding hydrogens is 200 g/mol. The predicted octanol–water partition coefficient (Wildman–Crippen LogP) is 1.98. The molecule has 16 heavy (non-hydrogen) atoms. The summed E-state index contributed by atoms with van der Waals surface area (Å²) in [7, 11) is 0. The van der Waals surface area contributed by atoms with Gasteiger partial charge in [0.1, 0.15) is 0 Å². The largest absolute Gasteiger partial charge is 0.294 e. The first-order valence-electron chi connectivity index (χ1n) is 5.64. The van der Waals surface area contributed by atoms with Gasteiger partial charge in [0.15, 0.2) is 0 Å². The van der Waals surface area contributed by atoms with E-state index >= 15 is 0 Å². The first-order valence-corrected chi connectivity index (χ1v) is 5.64. The highest BCUT2D eigenvalue weighted by Crippen LogP contribution is 2.17. The minimum atomic E-state index is -0.196. The maximum atomic E-state index is 11.3. The summed E-state index contributed by atoms with van der Waals surface area (Å²) in [6.45, 7) is 6.23. The molecule has 3 heteroatoms. The number of amides is 1. The molecule has 88 valence electrons. The molecule has 0 aliphatic rings. The van der Waals surface area contributed by atoms with Crippen LogP contribution in [0.1, 0.15) is 37.8 Å². The third-order valence-corrected chi connectivity index (χ3v) is 2.66. The molecule has 3 N–H and O–H groups in total. The van der Waals surface area contributed by atoms with E-state index in [9.17, 15) is 4.79 Å². The Balaban J connectivity index is 2.74. The fraction of sp³-hybridized carbons (Fsp3) is 0.462. The van der Waals surface area contributed by atoms with Crippen molar-refractivity contribution in [1.82, 2.24) is 5.43 Å². The molecule has 0 aliphatic heterocycles. The molecule has 1 atom stereocenters. The van der Waals surface area contributed by atoms with Gasteiger partial charge >= 0.3 is 0 Å². The Morgan fingerprint density at radius 3 is 2.25 bits per heavy atom. The Morgan fingerprint density at radius 2 is 1.81 bits per heavy atom. The molecule has 0 heterocycles. The van der Waals surface area contributed by atoms with Crippen LogP contribution in [0.2, 0.25) is 0 Å². The first kappa shape index (κ1) is 12.7. The van der Waals surface area contributed by atoms with Crippen LogP contribution in [0.3, 0.4) is 0 Å². The van der Waals surface area contributed by atoms with Crippen molar-refractivity contribution in [3.05, 3.63) is 35.4 Å². The highest BCUT2D eigenvalue weighted by Gasteiger charge is 2.13. The predicted molar refractivity (Wildman–Crippen MR) is 65.7 cm³/mol. The third kappa shape index (κ3) is 3.35. The lowest BCUT2D eigenvalue weighted by Gasteiger charge is -2.11. The molecule has 0 saturated carbocycles. The number of nitrogens with one attached hydrogen (secondary N) is 1. The van der Waals surface area contributed by atoms with Gasteiger partial charge in [-0.1, -0.05) is 38.1 Å². The second-order valence-corrected chi connectivity index (χ2v) is 4.57. The van der Waals surface area contributed by atoms with Crippen molar-refractivity contribution >= 4 is 5.91 Å². The molecule has 0 aromatic heterocycles. The lowest BCUT2D eigenvalue weighted by Crippen LogP contribution is -2.33. The number of hydrazine groups is 1. The number of hydrogen-bond acceptors (Lipinski definition) is 2. The van der Waals surface area contributed by atoms with Gasteiger partial charge in [-0.3, -0.25) is 10.2 Å². The van der Waals surface area contributed by atoms with Crippen molar-refractivity contribution in [3.63, 3.8) is 0 Å². The fourth-order valence-corrected chi connectivity index (χ4v) is 1.69. The van der Waals surface area contributed by atoms with E-state index in [1.807, 2.05) is 19.1 Å². The Bertz CT molecular complexity index is 343. The summed E-state index contributed by atoms with van der Waals surface area (Å²) < 4.78 is 0. The Morgan fingerprint density at radius 1 is 1.25 bits per heavy atom. The molecule has 0 bridgehead atoms. The maximum Gasteiger partial charge on any atom is 0.241 e. The van der Waals surface area contributed by atoms with Gasteiger partial charge in [-0.05, 0) is 30.4 Å². The number of carbonyl (C=O) groups excluding carboxylic acids is 1. The van der Waals surface area contributed by atoms with Crippen LogP contribution in [0, 0.1) is 5.92 Å². The van der Waals surface area contributed by atoms with Crippen LogP contribution in [0.4, 0.5) is 0 Å². The Hall–Kier alpha value is -1.35. The highest BCUT2D eigenvalue weighted by atomic mass is 16.2. The summed E-state index contributed by atoms with van der Waals surface area (Å²) in [4.78, 5) is 11.3. The van der Waals surface area contributed by atoms with E-state index in [2.05, 4.69) is 31.4 Å². The summed E-state index contributed by atoms with van der Waals surface area (Å²) in [5.41, 5.74) is 4.47. The first-order chi connectivity index (χ1) is 7.54. The summed E-state index contributed by atoms with van der Waals surface area (Å²) >= 11 is 0. The maximum absolute atomic E-state index is 11.3. The van der Waals surface area contributed by atoms with E-state index in [0.717, 1.165) is 12.0 Å². The average molecular weight is 220 g/mol. The van der Waals surface area contributed by atoms with E-state index in [0.29, 0.717) is 5.92 Å². The second-order valence-electron chi connectivity index (χ2n) is 4.57. The molecule has 3 nitrogen and oxygen atoms in total. The van der Waals surface area contributed by atoms with E-state index in [4.69, 9.17) is 5.84 Å². The van der Waals surface area contributed by atoms with Crippen molar-refractivity contribution in [2.75, 3.05) is 0 Å². The number of hydrogen-bond donors (Lipinski definition) is 2.